The number of nitrogens with zero attached hydrogens (tertiary/aromatic N) is 1. The fourth-order valence-corrected chi connectivity index (χ4v) is 2.69. The highest BCUT2D eigenvalue weighted by Crippen LogP contribution is 2.37. The molecule has 1 unspecified atom stereocenters. The van der Waals surface area contributed by atoms with Gasteiger partial charge in [0.05, 0.1) is 18.0 Å². The summed E-state index contributed by atoms with van der Waals surface area (Å²) in [7, 11) is 0. The van der Waals surface area contributed by atoms with Crippen LogP contribution in [-0.4, -0.2) is 35.9 Å². The molecule has 1 aliphatic rings. The molecule has 0 aliphatic carbocycles. The molecular weight excluding hydrogens is 335 g/mol. The number of halogens is 4. The maximum atomic E-state index is 13.2. The van der Waals surface area contributed by atoms with E-state index in [1.807, 2.05) is 0 Å². The third-order valence-corrected chi connectivity index (χ3v) is 3.86. The van der Waals surface area contributed by atoms with E-state index < -0.39 is 29.7 Å². The summed E-state index contributed by atoms with van der Waals surface area (Å²) in [5, 5.41) is 0. The predicted molar refractivity (Wildman–Crippen MR) is 77.2 cm³/mol. The average molecular weight is 350 g/mol. The molecule has 2 amide bonds. The Morgan fingerprint density at radius 3 is 2.61 bits per heavy atom. The minimum atomic E-state index is -4.58. The fraction of sp³-hybridized carbons (Fsp3) is 0.467. The Kier molecular flexibility index (Phi) is 5.51. The van der Waals surface area contributed by atoms with Crippen molar-refractivity contribution in [3.63, 3.8) is 0 Å². The second-order valence-electron chi connectivity index (χ2n) is 5.07. The second-order valence-corrected chi connectivity index (χ2v) is 5.45. The lowest BCUT2D eigenvalue weighted by Gasteiger charge is -2.23. The van der Waals surface area contributed by atoms with Crippen LogP contribution in [0.3, 0.4) is 0 Å². The van der Waals surface area contributed by atoms with Gasteiger partial charge < -0.3 is 4.74 Å². The van der Waals surface area contributed by atoms with Crippen molar-refractivity contribution in [2.24, 2.45) is 0 Å². The van der Waals surface area contributed by atoms with Crippen molar-refractivity contribution in [2.75, 3.05) is 19.0 Å². The zero-order valence-corrected chi connectivity index (χ0v) is 12.9. The first-order valence-corrected chi connectivity index (χ1v) is 7.60. The number of rotatable bonds is 5. The molecule has 8 heteroatoms. The molecule has 1 aromatic rings. The molecule has 23 heavy (non-hydrogen) atoms. The van der Waals surface area contributed by atoms with Gasteiger partial charge >= 0.3 is 12.3 Å². The third-order valence-electron chi connectivity index (χ3n) is 3.59. The number of alkyl halides is 4. The lowest BCUT2D eigenvalue weighted by Crippen LogP contribution is -2.36. The maximum Gasteiger partial charge on any atom is 0.416 e. The van der Waals surface area contributed by atoms with Crippen molar-refractivity contribution < 1.29 is 27.5 Å². The Labute approximate surface area is 136 Å². The molecule has 0 radical (unpaired) electrons. The van der Waals surface area contributed by atoms with E-state index in [9.17, 15) is 22.8 Å². The molecule has 1 atom stereocenters. The van der Waals surface area contributed by atoms with Crippen LogP contribution in [0.15, 0.2) is 24.3 Å². The van der Waals surface area contributed by atoms with E-state index in [-0.39, 0.29) is 31.0 Å². The summed E-state index contributed by atoms with van der Waals surface area (Å²) in [4.78, 5) is 25.0. The van der Waals surface area contributed by atoms with Crippen molar-refractivity contribution >= 4 is 23.6 Å². The van der Waals surface area contributed by atoms with Gasteiger partial charge in [-0.15, -0.1) is 11.6 Å². The highest BCUT2D eigenvalue weighted by atomic mass is 35.5. The number of amides is 2. The van der Waals surface area contributed by atoms with Gasteiger partial charge in [-0.2, -0.15) is 13.2 Å². The normalized spacial score (nSPS) is 16.3. The molecule has 0 N–H and O–H groups in total. The van der Waals surface area contributed by atoms with Gasteiger partial charge in [0.25, 0.3) is 0 Å². The van der Waals surface area contributed by atoms with Gasteiger partial charge in [0, 0.05) is 5.88 Å². The molecule has 0 saturated carbocycles. The van der Waals surface area contributed by atoms with Gasteiger partial charge in [-0.3, -0.25) is 4.79 Å². The number of carbonyl (C=O) groups excluding carboxylic acids is 2. The Morgan fingerprint density at radius 2 is 2.04 bits per heavy atom. The minimum Gasteiger partial charge on any atom is -0.447 e. The maximum absolute atomic E-state index is 13.2. The van der Waals surface area contributed by atoms with Crippen LogP contribution in [-0.2, 0) is 15.7 Å². The van der Waals surface area contributed by atoms with Gasteiger partial charge in [0.2, 0.25) is 5.91 Å². The van der Waals surface area contributed by atoms with Crippen molar-refractivity contribution in [1.82, 2.24) is 4.90 Å². The van der Waals surface area contributed by atoms with Gasteiger partial charge in [-0.25, -0.2) is 9.69 Å². The first-order valence-electron chi connectivity index (χ1n) is 7.06. The van der Waals surface area contributed by atoms with Crippen LogP contribution >= 0.6 is 11.6 Å². The number of ether oxygens (including phenoxy) is 1. The lowest BCUT2D eigenvalue weighted by molar-refractivity contribution is -0.139. The van der Waals surface area contributed by atoms with Gasteiger partial charge in [-0.1, -0.05) is 18.2 Å². The van der Waals surface area contributed by atoms with Crippen LogP contribution in [0.4, 0.5) is 18.0 Å². The summed E-state index contributed by atoms with van der Waals surface area (Å²) in [6.07, 6.45) is -4.93. The molecule has 0 aromatic heterocycles. The molecule has 0 bridgehead atoms. The molecule has 1 fully saturated rings. The van der Waals surface area contributed by atoms with E-state index in [1.54, 1.807) is 0 Å². The lowest BCUT2D eigenvalue weighted by atomic mass is 9.89. The van der Waals surface area contributed by atoms with Crippen molar-refractivity contribution in [2.45, 2.75) is 24.9 Å². The highest BCUT2D eigenvalue weighted by Gasteiger charge is 2.39. The average Bonchev–Trinajstić information content (AvgIpc) is 2.93. The summed E-state index contributed by atoms with van der Waals surface area (Å²) in [5.41, 5.74) is -1.02. The van der Waals surface area contributed by atoms with E-state index in [0.29, 0.717) is 6.42 Å². The topological polar surface area (TPSA) is 46.6 Å². The highest BCUT2D eigenvalue weighted by molar-refractivity contribution is 6.17. The van der Waals surface area contributed by atoms with E-state index in [1.165, 1.54) is 18.2 Å². The number of hydrogen-bond acceptors (Lipinski definition) is 3. The van der Waals surface area contributed by atoms with Crippen LogP contribution in [0.25, 0.3) is 0 Å². The Balaban J connectivity index is 2.39. The number of carbonyl (C=O) groups is 2. The predicted octanol–water partition coefficient (Wildman–Crippen LogP) is 3.79. The standard InChI is InChI=1S/C15H15ClF3NO3/c16-7-3-5-11(13(21)20-8-9-23-14(20)22)10-4-1-2-6-12(10)15(17,18)19/h1-2,4,6,11H,3,5,7-9H2. The minimum absolute atomic E-state index is 0.0449. The van der Waals surface area contributed by atoms with Crippen LogP contribution < -0.4 is 0 Å². The zero-order chi connectivity index (χ0) is 17.0. The number of benzene rings is 1. The number of hydrogen-bond donors (Lipinski definition) is 0. The summed E-state index contributed by atoms with van der Waals surface area (Å²) in [6.45, 7) is 0.0942. The SMILES string of the molecule is O=C1OCCN1C(=O)C(CCCCl)c1ccccc1C(F)(F)F. The summed E-state index contributed by atoms with van der Waals surface area (Å²) in [5.74, 6) is -1.56. The summed E-state index contributed by atoms with van der Waals surface area (Å²) >= 11 is 5.62. The van der Waals surface area contributed by atoms with Crippen molar-refractivity contribution in [3.8, 4) is 0 Å². The molecule has 1 saturated heterocycles. The molecular formula is C15H15ClF3NO3. The van der Waals surface area contributed by atoms with Gasteiger partial charge in [0.15, 0.2) is 0 Å². The quantitative estimate of drug-likeness (QED) is 0.760. The van der Waals surface area contributed by atoms with Crippen LogP contribution in [0.2, 0.25) is 0 Å². The molecule has 1 aromatic carbocycles. The molecule has 2 rings (SSSR count). The monoisotopic (exact) mass is 349 g/mol. The summed E-state index contributed by atoms with van der Waals surface area (Å²) < 4.78 is 44.3. The molecule has 4 nitrogen and oxygen atoms in total. The zero-order valence-electron chi connectivity index (χ0n) is 12.1. The van der Waals surface area contributed by atoms with Crippen LogP contribution in [0.5, 0.6) is 0 Å². The fourth-order valence-electron chi connectivity index (χ4n) is 2.53. The molecule has 1 heterocycles. The van der Waals surface area contributed by atoms with Crippen molar-refractivity contribution in [3.05, 3.63) is 35.4 Å². The molecule has 1 aliphatic heterocycles. The largest absolute Gasteiger partial charge is 0.447 e. The summed E-state index contributed by atoms with van der Waals surface area (Å²) in [6, 6.07) is 4.90. The van der Waals surface area contributed by atoms with E-state index in [4.69, 9.17) is 16.3 Å². The van der Waals surface area contributed by atoms with Gasteiger partial charge in [0.1, 0.15) is 6.61 Å². The number of cyclic esters (lactones) is 1. The Morgan fingerprint density at radius 1 is 1.35 bits per heavy atom. The Bertz CT molecular complexity index is 592. The second kappa shape index (κ2) is 7.21. The van der Waals surface area contributed by atoms with Crippen LogP contribution in [0.1, 0.15) is 29.9 Å². The number of imide groups is 1. The Hall–Kier alpha value is -1.76. The third kappa shape index (κ3) is 3.96. The first kappa shape index (κ1) is 17.6. The van der Waals surface area contributed by atoms with E-state index >= 15 is 0 Å². The molecule has 126 valence electrons. The molecule has 0 spiro atoms. The van der Waals surface area contributed by atoms with E-state index in [0.717, 1.165) is 11.0 Å². The van der Waals surface area contributed by atoms with Gasteiger partial charge in [-0.05, 0) is 24.5 Å². The smallest absolute Gasteiger partial charge is 0.416 e. The van der Waals surface area contributed by atoms with Crippen LogP contribution in [0, 0.1) is 0 Å². The first-order chi connectivity index (χ1) is 10.9. The van der Waals surface area contributed by atoms with Crippen molar-refractivity contribution in [1.29, 1.82) is 0 Å². The van der Waals surface area contributed by atoms with E-state index in [2.05, 4.69) is 0 Å².